The van der Waals surface area contributed by atoms with Gasteiger partial charge in [0, 0.05) is 4.92 Å². The number of esters is 1. The van der Waals surface area contributed by atoms with E-state index in [-0.39, 0.29) is 23.9 Å². The van der Waals surface area contributed by atoms with Gasteiger partial charge in [-0.1, -0.05) is 6.42 Å². The molecule has 5 heteroatoms. The van der Waals surface area contributed by atoms with Crippen molar-refractivity contribution in [2.75, 3.05) is 6.54 Å². The Morgan fingerprint density at radius 2 is 2.00 bits per heavy atom. The highest BCUT2D eigenvalue weighted by atomic mass is 16.6. The molecule has 0 aromatic heterocycles. The molecular formula is C16H25NO4. The highest BCUT2D eigenvalue weighted by Crippen LogP contribution is 2.70. The lowest BCUT2D eigenvalue weighted by molar-refractivity contribution is -0.512. The van der Waals surface area contributed by atoms with Crippen LogP contribution >= 0.6 is 0 Å². The van der Waals surface area contributed by atoms with E-state index < -0.39 is 11.0 Å². The van der Waals surface area contributed by atoms with Crippen molar-refractivity contribution >= 4 is 5.97 Å². The van der Waals surface area contributed by atoms with E-state index in [2.05, 4.69) is 0 Å². The number of hydrogen-bond donors (Lipinski definition) is 0. The Morgan fingerprint density at radius 3 is 2.62 bits per heavy atom. The summed E-state index contributed by atoms with van der Waals surface area (Å²) >= 11 is 0. The van der Waals surface area contributed by atoms with Gasteiger partial charge in [-0.05, 0) is 63.7 Å². The SMILES string of the molecule is CC(C)(C)OC(=O)C[C@@]1(C[N+](=O)[O-])[C@@H]2CC[C@@H]3C[C@H]2[C@H]1C3. The normalized spacial score (nSPS) is 40.5. The molecule has 3 rings (SSSR count). The number of hydrogen-bond acceptors (Lipinski definition) is 4. The van der Waals surface area contributed by atoms with Crippen molar-refractivity contribution in [2.24, 2.45) is 29.1 Å². The van der Waals surface area contributed by atoms with Crippen LogP contribution in [0.3, 0.4) is 0 Å². The molecule has 21 heavy (non-hydrogen) atoms. The smallest absolute Gasteiger partial charge is 0.307 e. The Kier molecular flexibility index (Phi) is 3.30. The summed E-state index contributed by atoms with van der Waals surface area (Å²) in [6.45, 7) is 5.46. The second-order valence-corrected chi connectivity index (χ2v) is 8.28. The second kappa shape index (κ2) is 4.68. The van der Waals surface area contributed by atoms with Gasteiger partial charge in [-0.3, -0.25) is 14.9 Å². The van der Waals surface area contributed by atoms with E-state index in [4.69, 9.17) is 4.74 Å². The molecule has 0 amide bonds. The van der Waals surface area contributed by atoms with E-state index in [9.17, 15) is 14.9 Å². The Morgan fingerprint density at radius 1 is 1.29 bits per heavy atom. The molecule has 0 aromatic carbocycles. The quantitative estimate of drug-likeness (QED) is 0.454. The van der Waals surface area contributed by atoms with Gasteiger partial charge in [0.1, 0.15) is 5.60 Å². The molecule has 0 saturated heterocycles. The van der Waals surface area contributed by atoms with Crippen LogP contribution in [0, 0.1) is 39.2 Å². The lowest BCUT2D eigenvalue weighted by Crippen LogP contribution is -2.59. The molecule has 2 bridgehead atoms. The fourth-order valence-corrected chi connectivity index (χ4v) is 5.46. The fraction of sp³-hybridized carbons (Fsp3) is 0.938. The molecule has 3 aliphatic rings. The Labute approximate surface area is 125 Å². The summed E-state index contributed by atoms with van der Waals surface area (Å²) < 4.78 is 5.44. The van der Waals surface area contributed by atoms with E-state index in [0.29, 0.717) is 17.8 Å². The number of rotatable bonds is 4. The number of nitrogens with zero attached hydrogens (tertiary/aromatic N) is 1. The molecule has 3 fully saturated rings. The predicted molar refractivity (Wildman–Crippen MR) is 77.2 cm³/mol. The van der Waals surface area contributed by atoms with Crippen molar-refractivity contribution in [1.82, 2.24) is 0 Å². The van der Waals surface area contributed by atoms with Crippen molar-refractivity contribution in [1.29, 1.82) is 0 Å². The van der Waals surface area contributed by atoms with Crippen LogP contribution in [-0.4, -0.2) is 23.0 Å². The molecule has 0 radical (unpaired) electrons. The Bertz CT molecular complexity index is 461. The molecule has 3 aliphatic carbocycles. The minimum absolute atomic E-state index is 0.0647. The van der Waals surface area contributed by atoms with Gasteiger partial charge in [0.15, 0.2) is 0 Å². The van der Waals surface area contributed by atoms with Gasteiger partial charge in [-0.2, -0.15) is 0 Å². The van der Waals surface area contributed by atoms with E-state index in [1.165, 1.54) is 12.8 Å². The average molecular weight is 295 g/mol. The van der Waals surface area contributed by atoms with Gasteiger partial charge in [-0.15, -0.1) is 0 Å². The minimum atomic E-state index is -0.524. The molecule has 0 heterocycles. The standard InChI is InChI=1S/C16H25NO4/c1-15(2,3)21-14(18)8-16(9-17(19)20)12-5-4-10-6-11(12)13(16)7-10/h10-13H,4-9H2,1-3H3/t10-,11-,12-,13-,16-/m1/s1. The molecule has 3 saturated carbocycles. The Balaban J connectivity index is 1.79. The topological polar surface area (TPSA) is 69.4 Å². The first-order valence-corrected chi connectivity index (χ1v) is 8.05. The largest absolute Gasteiger partial charge is 0.460 e. The molecule has 0 N–H and O–H groups in total. The lowest BCUT2D eigenvalue weighted by atomic mass is 9.45. The summed E-state index contributed by atoms with van der Waals surface area (Å²) in [5.41, 5.74) is -0.953. The van der Waals surface area contributed by atoms with Crippen molar-refractivity contribution in [3.63, 3.8) is 0 Å². The maximum Gasteiger partial charge on any atom is 0.307 e. The van der Waals surface area contributed by atoms with Gasteiger partial charge in [-0.25, -0.2) is 0 Å². The summed E-state index contributed by atoms with van der Waals surface area (Å²) in [5.74, 6) is 1.83. The number of ether oxygens (including phenoxy) is 1. The van der Waals surface area contributed by atoms with Gasteiger partial charge in [0.2, 0.25) is 6.54 Å². The zero-order chi connectivity index (χ0) is 15.4. The number of fused-ring (bicyclic) bond motifs is 1. The summed E-state index contributed by atoms with van der Waals surface area (Å²) in [5, 5.41) is 11.2. The predicted octanol–water partition coefficient (Wildman–Crippen LogP) is 3.05. The monoisotopic (exact) mass is 295 g/mol. The molecule has 0 aromatic rings. The maximum absolute atomic E-state index is 12.3. The molecule has 0 spiro atoms. The van der Waals surface area contributed by atoms with Crippen molar-refractivity contribution in [3.8, 4) is 0 Å². The third-order valence-corrected chi connectivity index (χ3v) is 5.91. The van der Waals surface area contributed by atoms with Crippen LogP contribution in [0.25, 0.3) is 0 Å². The zero-order valence-electron chi connectivity index (χ0n) is 13.1. The lowest BCUT2D eigenvalue weighted by Gasteiger charge is -2.57. The first kappa shape index (κ1) is 14.8. The van der Waals surface area contributed by atoms with E-state index >= 15 is 0 Å². The average Bonchev–Trinajstić information content (AvgIpc) is 2.50. The minimum Gasteiger partial charge on any atom is -0.460 e. The Hall–Kier alpha value is -1.13. The third kappa shape index (κ3) is 2.44. The van der Waals surface area contributed by atoms with Crippen LogP contribution in [0.15, 0.2) is 0 Å². The van der Waals surface area contributed by atoms with Crippen molar-refractivity contribution in [2.45, 2.75) is 58.5 Å². The van der Waals surface area contributed by atoms with E-state index in [1.807, 2.05) is 20.8 Å². The molecule has 0 aliphatic heterocycles. The van der Waals surface area contributed by atoms with Gasteiger partial charge in [0.05, 0.1) is 11.8 Å². The first-order chi connectivity index (χ1) is 9.71. The fourth-order valence-electron chi connectivity index (χ4n) is 5.46. The molecule has 5 nitrogen and oxygen atoms in total. The molecular weight excluding hydrogens is 270 g/mol. The summed E-state index contributed by atoms with van der Waals surface area (Å²) in [4.78, 5) is 23.2. The van der Waals surface area contributed by atoms with Crippen LogP contribution in [0.1, 0.15) is 52.9 Å². The van der Waals surface area contributed by atoms with Crippen molar-refractivity contribution in [3.05, 3.63) is 10.1 Å². The van der Waals surface area contributed by atoms with Crippen LogP contribution in [-0.2, 0) is 9.53 Å². The number of carbonyl (C=O) groups excluding carboxylic acids is 1. The molecule has 118 valence electrons. The van der Waals surface area contributed by atoms with Gasteiger partial charge in [0.25, 0.3) is 0 Å². The van der Waals surface area contributed by atoms with E-state index in [1.54, 1.807) is 0 Å². The maximum atomic E-state index is 12.3. The highest BCUT2D eigenvalue weighted by Gasteiger charge is 2.69. The molecule has 0 unspecified atom stereocenters. The second-order valence-electron chi connectivity index (χ2n) is 8.28. The first-order valence-electron chi connectivity index (χ1n) is 8.05. The molecule has 5 atom stereocenters. The summed E-state index contributed by atoms with van der Waals surface area (Å²) in [6, 6.07) is 0. The van der Waals surface area contributed by atoms with Crippen molar-refractivity contribution < 1.29 is 14.5 Å². The van der Waals surface area contributed by atoms with Crippen LogP contribution < -0.4 is 0 Å². The van der Waals surface area contributed by atoms with Gasteiger partial charge >= 0.3 is 5.97 Å². The zero-order valence-corrected chi connectivity index (χ0v) is 13.1. The third-order valence-electron chi connectivity index (χ3n) is 5.91. The van der Waals surface area contributed by atoms with Gasteiger partial charge < -0.3 is 4.74 Å². The van der Waals surface area contributed by atoms with Crippen LogP contribution in [0.5, 0.6) is 0 Å². The van der Waals surface area contributed by atoms with Crippen LogP contribution in [0.2, 0.25) is 0 Å². The number of carbonyl (C=O) groups is 1. The highest BCUT2D eigenvalue weighted by molar-refractivity contribution is 5.71. The van der Waals surface area contributed by atoms with E-state index in [0.717, 1.165) is 18.8 Å². The summed E-state index contributed by atoms with van der Waals surface area (Å²) in [7, 11) is 0. The summed E-state index contributed by atoms with van der Waals surface area (Å²) in [6.07, 6.45) is 4.78. The van der Waals surface area contributed by atoms with Crippen LogP contribution in [0.4, 0.5) is 0 Å². The number of nitro groups is 1.